The summed E-state index contributed by atoms with van der Waals surface area (Å²) in [6.07, 6.45) is 2.26. The third-order valence-electron chi connectivity index (χ3n) is 2.92. The van der Waals surface area contributed by atoms with Crippen LogP contribution in [0.15, 0.2) is 36.5 Å². The van der Waals surface area contributed by atoms with Gasteiger partial charge in [-0.3, -0.25) is 0 Å². The van der Waals surface area contributed by atoms with Gasteiger partial charge in [-0.05, 0) is 23.8 Å². The normalized spacial score (nSPS) is 10.9. The first kappa shape index (κ1) is 10.8. The van der Waals surface area contributed by atoms with Crippen LogP contribution in [-0.2, 0) is 6.32 Å². The Kier molecular flexibility index (Phi) is 2.52. The van der Waals surface area contributed by atoms with E-state index in [-0.39, 0.29) is 5.75 Å². The summed E-state index contributed by atoms with van der Waals surface area (Å²) in [7, 11) is 5.66. The van der Waals surface area contributed by atoms with Crippen molar-refractivity contribution in [1.29, 1.82) is 0 Å². The Labute approximate surface area is 105 Å². The van der Waals surface area contributed by atoms with E-state index in [9.17, 15) is 5.11 Å². The van der Waals surface area contributed by atoms with Crippen LogP contribution in [0, 0.1) is 0 Å². The summed E-state index contributed by atoms with van der Waals surface area (Å²) in [5.41, 5.74) is 2.98. The minimum Gasteiger partial charge on any atom is -0.507 e. The van der Waals surface area contributed by atoms with Gasteiger partial charge in [0.1, 0.15) is 5.75 Å². The Morgan fingerprint density at radius 2 is 2.06 bits per heavy atom. The number of fused-ring (bicyclic) bond motifs is 1. The highest BCUT2D eigenvalue weighted by Crippen LogP contribution is 2.28. The molecule has 5 heteroatoms. The number of phenolic OH excluding ortho intramolecular Hbond substituents is 1. The number of aromatic amines is 1. The highest BCUT2D eigenvalue weighted by Gasteiger charge is 2.09. The number of para-hydroxylation sites is 1. The van der Waals surface area contributed by atoms with E-state index in [1.807, 2.05) is 18.3 Å². The molecule has 0 fully saturated rings. The van der Waals surface area contributed by atoms with E-state index in [1.165, 1.54) is 0 Å². The lowest BCUT2D eigenvalue weighted by Gasteiger charge is -2.03. The number of nitrogens with one attached hydrogen (secondary N) is 1. The summed E-state index contributed by atoms with van der Waals surface area (Å²) in [5, 5.41) is 18.9. The lowest BCUT2D eigenvalue weighted by atomic mass is 9.97. The molecule has 0 aliphatic rings. The predicted octanol–water partition coefficient (Wildman–Crippen LogP) is 2.00. The molecule has 3 rings (SSSR count). The van der Waals surface area contributed by atoms with Crippen LogP contribution < -0.4 is 0 Å². The molecule has 0 amide bonds. The van der Waals surface area contributed by atoms with Gasteiger partial charge >= 0.3 is 0 Å². The second-order valence-corrected chi connectivity index (χ2v) is 4.03. The minimum absolute atomic E-state index is 0.191. The van der Waals surface area contributed by atoms with Crippen molar-refractivity contribution in [1.82, 2.24) is 15.2 Å². The second kappa shape index (κ2) is 4.18. The van der Waals surface area contributed by atoms with Crippen molar-refractivity contribution in [3.8, 4) is 17.0 Å². The Balaban J connectivity index is 2.21. The Hall–Kier alpha value is -2.30. The summed E-state index contributed by atoms with van der Waals surface area (Å²) < 4.78 is 0. The van der Waals surface area contributed by atoms with Crippen LogP contribution >= 0.6 is 0 Å². The zero-order valence-corrected chi connectivity index (χ0v) is 9.59. The summed E-state index contributed by atoms with van der Waals surface area (Å²) >= 11 is 0. The molecular weight excluding hydrogens is 225 g/mol. The SMILES string of the molecule is [B]Cc1c[nH]c2nnc(-c3ccccc3O)cc12. The van der Waals surface area contributed by atoms with Gasteiger partial charge in [-0.2, -0.15) is 0 Å². The summed E-state index contributed by atoms with van der Waals surface area (Å²) in [6, 6.07) is 8.94. The Morgan fingerprint density at radius 1 is 1.22 bits per heavy atom. The van der Waals surface area contributed by atoms with Crippen molar-refractivity contribution in [2.75, 3.05) is 0 Å². The first-order valence-electron chi connectivity index (χ1n) is 5.61. The summed E-state index contributed by atoms with van der Waals surface area (Å²) in [5.74, 6) is 0.191. The van der Waals surface area contributed by atoms with Crippen LogP contribution in [0.25, 0.3) is 22.3 Å². The van der Waals surface area contributed by atoms with Gasteiger partial charge in [0, 0.05) is 17.1 Å². The maximum atomic E-state index is 9.81. The molecule has 2 aromatic heterocycles. The maximum Gasteiger partial charge on any atom is 0.160 e. The fraction of sp³-hybridized carbons (Fsp3) is 0.0769. The highest BCUT2D eigenvalue weighted by atomic mass is 16.3. The molecule has 0 bridgehead atoms. The standard InChI is InChI=1S/C13H10BN3O/c14-6-8-7-15-13-10(8)5-11(16-17-13)9-3-1-2-4-12(9)18/h1-5,7,18H,6H2,(H,15,17). The smallest absolute Gasteiger partial charge is 0.160 e. The quantitative estimate of drug-likeness (QED) is 0.667. The van der Waals surface area contributed by atoms with Crippen molar-refractivity contribution in [3.05, 3.63) is 42.1 Å². The second-order valence-electron chi connectivity index (χ2n) is 4.03. The predicted molar refractivity (Wildman–Crippen MR) is 70.4 cm³/mol. The van der Waals surface area contributed by atoms with Crippen LogP contribution in [-0.4, -0.2) is 28.1 Å². The van der Waals surface area contributed by atoms with Crippen molar-refractivity contribution >= 4 is 18.9 Å². The molecule has 2 radical (unpaired) electrons. The van der Waals surface area contributed by atoms with E-state index >= 15 is 0 Å². The number of hydrogen-bond donors (Lipinski definition) is 2. The number of hydrogen-bond acceptors (Lipinski definition) is 3. The van der Waals surface area contributed by atoms with Crippen LogP contribution in [0.1, 0.15) is 5.56 Å². The number of nitrogens with zero attached hydrogens (tertiary/aromatic N) is 2. The van der Waals surface area contributed by atoms with Crippen molar-refractivity contribution in [2.24, 2.45) is 0 Å². The molecule has 86 valence electrons. The molecule has 1 aromatic carbocycles. The fourth-order valence-electron chi connectivity index (χ4n) is 1.97. The minimum atomic E-state index is 0.191. The lowest BCUT2D eigenvalue weighted by molar-refractivity contribution is 0.477. The maximum absolute atomic E-state index is 9.81. The van der Waals surface area contributed by atoms with E-state index in [0.29, 0.717) is 23.2 Å². The van der Waals surface area contributed by atoms with Gasteiger partial charge in [0.25, 0.3) is 0 Å². The molecule has 0 aliphatic heterocycles. The van der Waals surface area contributed by atoms with E-state index in [2.05, 4.69) is 15.2 Å². The van der Waals surface area contributed by atoms with Gasteiger partial charge < -0.3 is 10.1 Å². The van der Waals surface area contributed by atoms with E-state index in [1.54, 1.807) is 18.2 Å². The average Bonchev–Trinajstić information content (AvgIpc) is 2.81. The van der Waals surface area contributed by atoms with Gasteiger partial charge in [-0.15, -0.1) is 10.2 Å². The molecule has 0 saturated carbocycles. The van der Waals surface area contributed by atoms with Crippen LogP contribution in [0.4, 0.5) is 0 Å². The van der Waals surface area contributed by atoms with Crippen molar-refractivity contribution < 1.29 is 5.11 Å². The molecule has 0 atom stereocenters. The number of phenols is 1. The first-order chi connectivity index (χ1) is 8.79. The average molecular weight is 235 g/mol. The lowest BCUT2D eigenvalue weighted by Crippen LogP contribution is -1.90. The van der Waals surface area contributed by atoms with Crippen molar-refractivity contribution in [3.63, 3.8) is 0 Å². The Bertz CT molecular complexity index is 708. The molecule has 0 aliphatic carbocycles. The molecule has 0 unspecified atom stereocenters. The molecule has 0 saturated heterocycles. The number of rotatable bonds is 2. The number of H-pyrrole nitrogens is 1. The first-order valence-corrected chi connectivity index (χ1v) is 5.61. The molecular formula is C13H10BN3O. The monoisotopic (exact) mass is 235 g/mol. The van der Waals surface area contributed by atoms with Crippen LogP contribution in [0.2, 0.25) is 0 Å². The summed E-state index contributed by atoms with van der Waals surface area (Å²) in [6.45, 7) is 0. The van der Waals surface area contributed by atoms with Crippen LogP contribution in [0.3, 0.4) is 0 Å². The fourth-order valence-corrected chi connectivity index (χ4v) is 1.97. The number of benzene rings is 1. The van der Waals surface area contributed by atoms with Gasteiger partial charge in [0.2, 0.25) is 0 Å². The Morgan fingerprint density at radius 3 is 2.83 bits per heavy atom. The van der Waals surface area contributed by atoms with E-state index < -0.39 is 0 Å². The molecule has 3 aromatic rings. The third kappa shape index (κ3) is 1.64. The van der Waals surface area contributed by atoms with Crippen molar-refractivity contribution in [2.45, 2.75) is 6.32 Å². The van der Waals surface area contributed by atoms with Gasteiger partial charge in [0.15, 0.2) is 5.65 Å². The number of aromatic nitrogens is 3. The van der Waals surface area contributed by atoms with Gasteiger partial charge in [-0.25, -0.2) is 0 Å². The topological polar surface area (TPSA) is 61.8 Å². The third-order valence-corrected chi connectivity index (χ3v) is 2.92. The zero-order valence-electron chi connectivity index (χ0n) is 9.59. The molecule has 0 spiro atoms. The highest BCUT2D eigenvalue weighted by molar-refractivity contribution is 6.09. The molecule has 18 heavy (non-hydrogen) atoms. The molecule has 2 N–H and O–H groups in total. The number of aromatic hydroxyl groups is 1. The summed E-state index contributed by atoms with van der Waals surface area (Å²) in [4.78, 5) is 3.02. The zero-order chi connectivity index (χ0) is 12.5. The molecule has 2 heterocycles. The largest absolute Gasteiger partial charge is 0.507 e. The van der Waals surface area contributed by atoms with Crippen LogP contribution in [0.5, 0.6) is 5.75 Å². The molecule has 4 nitrogen and oxygen atoms in total. The van der Waals surface area contributed by atoms with E-state index in [4.69, 9.17) is 7.85 Å². The van der Waals surface area contributed by atoms with E-state index in [0.717, 1.165) is 10.9 Å². The van der Waals surface area contributed by atoms with Gasteiger partial charge in [0.05, 0.1) is 13.5 Å². The van der Waals surface area contributed by atoms with Gasteiger partial charge in [-0.1, -0.05) is 18.5 Å².